The zero-order valence-electron chi connectivity index (χ0n) is 13.8. The lowest BCUT2D eigenvalue weighted by Gasteiger charge is -2.17. The van der Waals surface area contributed by atoms with Gasteiger partial charge in [0.1, 0.15) is 11.8 Å². The first-order chi connectivity index (χ1) is 13.1. The van der Waals surface area contributed by atoms with Crippen LogP contribution in [0.4, 0.5) is 14.6 Å². The maximum Gasteiger partial charge on any atom is 0.255 e. The molecule has 3 aromatic heterocycles. The standard InChI is InChI=1S/C14H16F2N8O3/c15-9(16)3-17-12-10-13(21-11(20-12)7-2-19-23-22-7)24(5-18-10)14-8(26)1-6(4-25)27-14/h2,5-6,8-9,14,25-26H,1,3-4H2,(H,17,20,21)(H,19,22,23)/t6-,8+,14+/m0/s1. The summed E-state index contributed by atoms with van der Waals surface area (Å²) in [6.45, 7) is -0.854. The molecule has 0 bridgehead atoms. The summed E-state index contributed by atoms with van der Waals surface area (Å²) in [6.07, 6.45) is -1.72. The van der Waals surface area contributed by atoms with E-state index in [2.05, 4.69) is 35.7 Å². The number of fused-ring (bicyclic) bond motifs is 1. The fraction of sp³-hybridized carbons (Fsp3) is 0.500. The van der Waals surface area contributed by atoms with Crippen LogP contribution in [0.3, 0.4) is 0 Å². The minimum Gasteiger partial charge on any atom is -0.394 e. The number of H-pyrrole nitrogens is 1. The molecule has 4 heterocycles. The second-order valence-electron chi connectivity index (χ2n) is 5.98. The third kappa shape index (κ3) is 3.31. The fourth-order valence-corrected chi connectivity index (χ4v) is 2.92. The van der Waals surface area contributed by atoms with E-state index in [1.54, 1.807) is 0 Å². The average molecular weight is 382 g/mol. The Morgan fingerprint density at radius 3 is 2.93 bits per heavy atom. The molecule has 0 aromatic carbocycles. The molecule has 0 spiro atoms. The van der Waals surface area contributed by atoms with Gasteiger partial charge in [-0.15, -0.1) is 5.10 Å². The second kappa shape index (κ2) is 7.09. The number of hydrogen-bond acceptors (Lipinski definition) is 9. The summed E-state index contributed by atoms with van der Waals surface area (Å²) in [5, 5.41) is 32.0. The Bertz CT molecular complexity index is 919. The lowest BCUT2D eigenvalue weighted by molar-refractivity contribution is -0.0486. The lowest BCUT2D eigenvalue weighted by Crippen LogP contribution is -2.19. The number of ether oxygens (including phenoxy) is 1. The third-order valence-corrected chi connectivity index (χ3v) is 4.13. The highest BCUT2D eigenvalue weighted by molar-refractivity contribution is 5.84. The van der Waals surface area contributed by atoms with Crippen LogP contribution in [0.25, 0.3) is 22.7 Å². The van der Waals surface area contributed by atoms with Gasteiger partial charge in [0.05, 0.1) is 31.8 Å². The fourth-order valence-electron chi connectivity index (χ4n) is 2.92. The Hall–Kier alpha value is -2.77. The van der Waals surface area contributed by atoms with Gasteiger partial charge in [-0.3, -0.25) is 9.67 Å². The Labute approximate surface area is 150 Å². The van der Waals surface area contributed by atoms with Crippen molar-refractivity contribution in [2.24, 2.45) is 0 Å². The molecule has 4 rings (SSSR count). The van der Waals surface area contributed by atoms with Crippen LogP contribution in [-0.4, -0.2) is 76.9 Å². The number of halogens is 2. The van der Waals surface area contributed by atoms with E-state index in [4.69, 9.17) is 4.74 Å². The van der Waals surface area contributed by atoms with Crippen LogP contribution in [0.2, 0.25) is 0 Å². The number of imidazole rings is 1. The van der Waals surface area contributed by atoms with Gasteiger partial charge < -0.3 is 20.3 Å². The molecular formula is C14H16F2N8O3. The van der Waals surface area contributed by atoms with Crippen LogP contribution in [0.1, 0.15) is 12.6 Å². The second-order valence-corrected chi connectivity index (χ2v) is 5.98. The molecular weight excluding hydrogens is 366 g/mol. The number of anilines is 1. The van der Waals surface area contributed by atoms with E-state index in [0.29, 0.717) is 5.69 Å². The van der Waals surface area contributed by atoms with E-state index in [1.165, 1.54) is 17.1 Å². The topological polar surface area (TPSA) is 147 Å². The number of rotatable bonds is 6. The third-order valence-electron chi connectivity index (χ3n) is 4.13. The van der Waals surface area contributed by atoms with Crippen LogP contribution in [-0.2, 0) is 4.74 Å². The molecule has 13 heteroatoms. The molecule has 3 aromatic rings. The summed E-state index contributed by atoms with van der Waals surface area (Å²) in [5.41, 5.74) is 0.819. The summed E-state index contributed by atoms with van der Waals surface area (Å²) in [6, 6.07) is 0. The summed E-state index contributed by atoms with van der Waals surface area (Å²) >= 11 is 0. The predicted molar refractivity (Wildman–Crippen MR) is 86.8 cm³/mol. The number of hydrogen-bond donors (Lipinski definition) is 4. The molecule has 1 aliphatic rings. The molecule has 144 valence electrons. The molecule has 4 N–H and O–H groups in total. The summed E-state index contributed by atoms with van der Waals surface area (Å²) in [5.74, 6) is 0.240. The van der Waals surface area contributed by atoms with Gasteiger partial charge >= 0.3 is 0 Å². The maximum atomic E-state index is 12.6. The van der Waals surface area contributed by atoms with Crippen LogP contribution in [0.15, 0.2) is 12.5 Å². The van der Waals surface area contributed by atoms with Crippen molar-refractivity contribution in [3.8, 4) is 11.5 Å². The highest BCUT2D eigenvalue weighted by Crippen LogP contribution is 2.32. The number of alkyl halides is 2. The van der Waals surface area contributed by atoms with E-state index in [0.717, 1.165) is 0 Å². The van der Waals surface area contributed by atoms with Gasteiger partial charge in [-0.1, -0.05) is 5.21 Å². The van der Waals surface area contributed by atoms with Crippen molar-refractivity contribution < 1.29 is 23.7 Å². The van der Waals surface area contributed by atoms with Gasteiger partial charge in [0, 0.05) is 6.42 Å². The molecule has 11 nitrogen and oxygen atoms in total. The van der Waals surface area contributed by atoms with Crippen LogP contribution < -0.4 is 5.32 Å². The summed E-state index contributed by atoms with van der Waals surface area (Å²) in [4.78, 5) is 12.8. The Morgan fingerprint density at radius 1 is 1.41 bits per heavy atom. The monoisotopic (exact) mass is 382 g/mol. The van der Waals surface area contributed by atoms with Crippen molar-refractivity contribution in [2.75, 3.05) is 18.5 Å². The van der Waals surface area contributed by atoms with Crippen LogP contribution in [0, 0.1) is 0 Å². The molecule has 27 heavy (non-hydrogen) atoms. The molecule has 0 amide bonds. The molecule has 0 unspecified atom stereocenters. The molecule has 0 saturated carbocycles. The Balaban J connectivity index is 1.80. The van der Waals surface area contributed by atoms with E-state index < -0.39 is 31.4 Å². The predicted octanol–water partition coefficient (Wildman–Crippen LogP) is -0.0709. The zero-order chi connectivity index (χ0) is 19.0. The van der Waals surface area contributed by atoms with E-state index in [9.17, 15) is 19.0 Å². The molecule has 0 aliphatic carbocycles. The first kappa shape index (κ1) is 17.6. The van der Waals surface area contributed by atoms with Gasteiger partial charge in [0.15, 0.2) is 29.0 Å². The Morgan fingerprint density at radius 2 is 2.26 bits per heavy atom. The van der Waals surface area contributed by atoms with Crippen molar-refractivity contribution >= 4 is 17.0 Å². The van der Waals surface area contributed by atoms with Crippen molar-refractivity contribution in [2.45, 2.75) is 31.3 Å². The van der Waals surface area contributed by atoms with E-state index in [-0.39, 0.29) is 35.8 Å². The van der Waals surface area contributed by atoms with Gasteiger partial charge in [0.2, 0.25) is 0 Å². The Kier molecular flexibility index (Phi) is 4.63. The number of nitrogens with zero attached hydrogens (tertiary/aromatic N) is 6. The van der Waals surface area contributed by atoms with Gasteiger partial charge in [0.25, 0.3) is 6.43 Å². The molecule has 0 radical (unpaired) electrons. The molecule has 1 fully saturated rings. The number of aromatic amines is 1. The van der Waals surface area contributed by atoms with E-state index in [1.807, 2.05) is 0 Å². The SMILES string of the molecule is OC[C@@H]1C[C@@H](O)[C@H](n2cnc3c(NCC(F)F)nc(-c4c[nH]nn4)nc32)O1. The van der Waals surface area contributed by atoms with Gasteiger partial charge in [-0.05, 0) is 0 Å². The van der Waals surface area contributed by atoms with Crippen molar-refractivity contribution in [1.82, 2.24) is 34.9 Å². The summed E-state index contributed by atoms with van der Waals surface area (Å²) < 4.78 is 32.4. The zero-order valence-corrected chi connectivity index (χ0v) is 13.8. The van der Waals surface area contributed by atoms with Crippen LogP contribution in [0.5, 0.6) is 0 Å². The molecule has 1 saturated heterocycles. The quantitative estimate of drug-likeness (QED) is 0.460. The van der Waals surface area contributed by atoms with Crippen molar-refractivity contribution in [3.63, 3.8) is 0 Å². The number of nitrogens with one attached hydrogen (secondary N) is 2. The number of aromatic nitrogens is 7. The highest BCUT2D eigenvalue weighted by Gasteiger charge is 2.36. The normalized spacial score (nSPS) is 22.8. The first-order valence-corrected chi connectivity index (χ1v) is 8.14. The average Bonchev–Trinajstić information content (AvgIpc) is 3.38. The largest absolute Gasteiger partial charge is 0.394 e. The minimum atomic E-state index is -2.59. The number of aliphatic hydroxyl groups is 2. The summed E-state index contributed by atoms with van der Waals surface area (Å²) in [7, 11) is 0. The smallest absolute Gasteiger partial charge is 0.255 e. The van der Waals surface area contributed by atoms with Crippen molar-refractivity contribution in [1.29, 1.82) is 0 Å². The maximum absolute atomic E-state index is 12.6. The van der Waals surface area contributed by atoms with Gasteiger partial charge in [-0.25, -0.2) is 23.7 Å². The number of aliphatic hydroxyl groups excluding tert-OH is 2. The van der Waals surface area contributed by atoms with Gasteiger partial charge in [-0.2, -0.15) is 0 Å². The van der Waals surface area contributed by atoms with Crippen LogP contribution >= 0.6 is 0 Å². The highest BCUT2D eigenvalue weighted by atomic mass is 19.3. The molecule has 3 atom stereocenters. The van der Waals surface area contributed by atoms with E-state index >= 15 is 0 Å². The van der Waals surface area contributed by atoms with Crippen molar-refractivity contribution in [3.05, 3.63) is 12.5 Å². The first-order valence-electron chi connectivity index (χ1n) is 8.14. The molecule has 1 aliphatic heterocycles. The minimum absolute atomic E-state index is 0.100. The lowest BCUT2D eigenvalue weighted by atomic mass is 10.2.